The van der Waals surface area contributed by atoms with E-state index in [2.05, 4.69) is 10.3 Å². The van der Waals surface area contributed by atoms with Crippen LogP contribution in [-0.4, -0.2) is 32.6 Å². The lowest BCUT2D eigenvalue weighted by atomic mass is 10.1. The SMILES string of the molecule is C[C@@H](C(=O)N[C@@H](Cc1ccc(O)cc1)C(=O)[O-])n1c(=O)[nH]c2ccccc2c1=O. The van der Waals surface area contributed by atoms with E-state index < -0.39 is 35.2 Å². The zero-order chi connectivity index (χ0) is 21.1. The minimum Gasteiger partial charge on any atom is -0.548 e. The lowest BCUT2D eigenvalue weighted by Crippen LogP contribution is -2.52. The molecule has 2 aromatic carbocycles. The first-order valence-corrected chi connectivity index (χ1v) is 8.80. The van der Waals surface area contributed by atoms with Crippen molar-refractivity contribution in [2.24, 2.45) is 0 Å². The van der Waals surface area contributed by atoms with Crippen molar-refractivity contribution in [2.45, 2.75) is 25.4 Å². The molecule has 0 saturated heterocycles. The highest BCUT2D eigenvalue weighted by Gasteiger charge is 2.23. The zero-order valence-corrected chi connectivity index (χ0v) is 15.4. The third-order valence-electron chi connectivity index (χ3n) is 4.58. The number of carboxylic acid groups (broad SMARTS) is 1. The Balaban J connectivity index is 1.86. The van der Waals surface area contributed by atoms with E-state index in [4.69, 9.17) is 0 Å². The Morgan fingerprint density at radius 2 is 1.79 bits per heavy atom. The fourth-order valence-electron chi connectivity index (χ4n) is 3.00. The van der Waals surface area contributed by atoms with Crippen molar-refractivity contribution in [3.63, 3.8) is 0 Å². The Kier molecular flexibility index (Phi) is 5.49. The standard InChI is InChI=1S/C20H19N3O6/c1-11(23-18(26)14-4-2-3-5-15(14)22-20(23)29)17(25)21-16(19(27)28)10-12-6-8-13(24)9-7-12/h2-9,11,16,24H,10H2,1H3,(H,21,25)(H,22,29)(H,27,28)/p-1/t11-,16-/m0/s1. The Morgan fingerprint density at radius 3 is 2.45 bits per heavy atom. The highest BCUT2D eigenvalue weighted by atomic mass is 16.4. The number of amides is 1. The number of rotatable bonds is 6. The first-order valence-electron chi connectivity index (χ1n) is 8.80. The fourth-order valence-corrected chi connectivity index (χ4v) is 3.00. The van der Waals surface area contributed by atoms with Gasteiger partial charge in [0, 0.05) is 0 Å². The van der Waals surface area contributed by atoms with Crippen LogP contribution in [0.15, 0.2) is 58.1 Å². The molecule has 0 bridgehead atoms. The van der Waals surface area contributed by atoms with Gasteiger partial charge in [0.2, 0.25) is 5.91 Å². The predicted molar refractivity (Wildman–Crippen MR) is 102 cm³/mol. The maximum absolute atomic E-state index is 12.6. The maximum atomic E-state index is 12.6. The number of phenolic OH excluding ortho intramolecular Hbond substituents is 1. The average Bonchev–Trinajstić information content (AvgIpc) is 2.68. The molecule has 1 aromatic heterocycles. The van der Waals surface area contributed by atoms with Crippen LogP contribution in [0.25, 0.3) is 10.9 Å². The van der Waals surface area contributed by atoms with E-state index in [1.165, 1.54) is 37.3 Å². The summed E-state index contributed by atoms with van der Waals surface area (Å²) in [5, 5.41) is 23.3. The minimum absolute atomic E-state index is 0.0197. The molecule has 0 saturated carbocycles. The Hall–Kier alpha value is -3.88. The van der Waals surface area contributed by atoms with Gasteiger partial charge in [0.25, 0.3) is 5.56 Å². The van der Waals surface area contributed by atoms with Crippen LogP contribution in [0.3, 0.4) is 0 Å². The summed E-state index contributed by atoms with van der Waals surface area (Å²) in [6, 6.07) is 9.54. The number of aromatic hydroxyl groups is 1. The normalized spacial score (nSPS) is 13.0. The number of nitrogens with zero attached hydrogens (tertiary/aromatic N) is 1. The first kappa shape index (κ1) is 19.9. The Morgan fingerprint density at radius 1 is 1.14 bits per heavy atom. The monoisotopic (exact) mass is 396 g/mol. The molecular weight excluding hydrogens is 378 g/mol. The van der Waals surface area contributed by atoms with Crippen molar-refractivity contribution in [1.82, 2.24) is 14.9 Å². The number of aliphatic carboxylic acids is 1. The number of carboxylic acids is 1. The number of hydrogen-bond acceptors (Lipinski definition) is 6. The van der Waals surface area contributed by atoms with Crippen molar-refractivity contribution < 1.29 is 19.8 Å². The summed E-state index contributed by atoms with van der Waals surface area (Å²) in [6.45, 7) is 1.33. The van der Waals surface area contributed by atoms with Crippen molar-refractivity contribution in [2.75, 3.05) is 0 Å². The largest absolute Gasteiger partial charge is 0.548 e. The van der Waals surface area contributed by atoms with E-state index in [9.17, 15) is 29.4 Å². The molecule has 1 heterocycles. The summed E-state index contributed by atoms with van der Waals surface area (Å²) in [7, 11) is 0. The maximum Gasteiger partial charge on any atom is 0.329 e. The molecule has 9 heteroatoms. The number of aromatic amines is 1. The van der Waals surface area contributed by atoms with Crippen LogP contribution < -0.4 is 21.7 Å². The van der Waals surface area contributed by atoms with Gasteiger partial charge in [0.1, 0.15) is 11.8 Å². The quantitative estimate of drug-likeness (QED) is 0.509. The third kappa shape index (κ3) is 4.18. The zero-order valence-electron chi connectivity index (χ0n) is 15.4. The van der Waals surface area contributed by atoms with E-state index in [0.717, 1.165) is 4.57 Å². The van der Waals surface area contributed by atoms with Gasteiger partial charge in [0.05, 0.1) is 22.9 Å². The molecule has 150 valence electrons. The van der Waals surface area contributed by atoms with Crippen LogP contribution in [0, 0.1) is 0 Å². The van der Waals surface area contributed by atoms with Crippen LogP contribution in [0.5, 0.6) is 5.75 Å². The van der Waals surface area contributed by atoms with E-state index in [-0.39, 0.29) is 17.6 Å². The van der Waals surface area contributed by atoms with Crippen LogP contribution in [0.2, 0.25) is 0 Å². The van der Waals surface area contributed by atoms with Crippen molar-refractivity contribution in [3.05, 3.63) is 74.9 Å². The van der Waals surface area contributed by atoms with Gasteiger partial charge in [-0.3, -0.25) is 9.59 Å². The van der Waals surface area contributed by atoms with Gasteiger partial charge < -0.3 is 25.3 Å². The van der Waals surface area contributed by atoms with Gasteiger partial charge in [0.15, 0.2) is 0 Å². The fraction of sp³-hybridized carbons (Fsp3) is 0.200. The topological polar surface area (TPSA) is 144 Å². The number of benzene rings is 2. The molecule has 0 spiro atoms. The van der Waals surface area contributed by atoms with Crippen LogP contribution in [-0.2, 0) is 16.0 Å². The number of aromatic nitrogens is 2. The van der Waals surface area contributed by atoms with Gasteiger partial charge in [-0.05, 0) is 43.2 Å². The molecule has 0 fully saturated rings. The summed E-state index contributed by atoms with van der Waals surface area (Å²) in [5.74, 6) is -2.31. The number of fused-ring (bicyclic) bond motifs is 1. The Labute approximate surface area is 164 Å². The number of H-pyrrole nitrogens is 1. The molecule has 3 aromatic rings. The molecule has 3 rings (SSSR count). The average molecular weight is 396 g/mol. The molecule has 29 heavy (non-hydrogen) atoms. The number of carbonyl (C=O) groups is 2. The molecule has 0 unspecified atom stereocenters. The minimum atomic E-state index is -1.52. The molecule has 1 amide bonds. The van der Waals surface area contributed by atoms with Gasteiger partial charge in [-0.25, -0.2) is 9.36 Å². The molecule has 2 atom stereocenters. The van der Waals surface area contributed by atoms with E-state index in [0.29, 0.717) is 11.1 Å². The third-order valence-corrected chi connectivity index (χ3v) is 4.58. The second-order valence-electron chi connectivity index (χ2n) is 6.58. The first-order chi connectivity index (χ1) is 13.8. The molecule has 0 aliphatic rings. The van der Waals surface area contributed by atoms with E-state index in [1.807, 2.05) is 0 Å². The second kappa shape index (κ2) is 8.01. The predicted octanol–water partition coefficient (Wildman–Crippen LogP) is -0.566. The number of para-hydroxylation sites is 1. The van der Waals surface area contributed by atoms with Crippen molar-refractivity contribution >= 4 is 22.8 Å². The molecule has 0 aliphatic heterocycles. The Bertz CT molecular complexity index is 1180. The lowest BCUT2D eigenvalue weighted by Gasteiger charge is -2.22. The molecule has 0 aliphatic carbocycles. The summed E-state index contributed by atoms with van der Waals surface area (Å²) >= 11 is 0. The van der Waals surface area contributed by atoms with Gasteiger partial charge in [-0.1, -0.05) is 24.3 Å². The summed E-state index contributed by atoms with van der Waals surface area (Å²) < 4.78 is 0.741. The van der Waals surface area contributed by atoms with Gasteiger partial charge in [-0.15, -0.1) is 0 Å². The van der Waals surface area contributed by atoms with Crippen LogP contribution in [0.4, 0.5) is 0 Å². The molecule has 0 radical (unpaired) electrons. The van der Waals surface area contributed by atoms with E-state index in [1.54, 1.807) is 18.2 Å². The highest BCUT2D eigenvalue weighted by molar-refractivity contribution is 5.85. The van der Waals surface area contributed by atoms with Crippen molar-refractivity contribution in [3.8, 4) is 5.75 Å². The number of phenols is 1. The molecule has 9 nitrogen and oxygen atoms in total. The lowest BCUT2D eigenvalue weighted by molar-refractivity contribution is -0.308. The van der Waals surface area contributed by atoms with E-state index >= 15 is 0 Å². The number of hydrogen-bond donors (Lipinski definition) is 3. The van der Waals surface area contributed by atoms with Crippen LogP contribution in [0.1, 0.15) is 18.5 Å². The second-order valence-corrected chi connectivity index (χ2v) is 6.58. The van der Waals surface area contributed by atoms with Gasteiger partial charge >= 0.3 is 5.69 Å². The number of nitrogens with one attached hydrogen (secondary N) is 2. The van der Waals surface area contributed by atoms with Crippen LogP contribution >= 0.6 is 0 Å². The number of carbonyl (C=O) groups excluding carboxylic acids is 2. The summed E-state index contributed by atoms with van der Waals surface area (Å²) in [6.07, 6.45) is -0.0932. The molecule has 3 N–H and O–H groups in total. The van der Waals surface area contributed by atoms with Crippen molar-refractivity contribution in [1.29, 1.82) is 0 Å². The summed E-state index contributed by atoms with van der Waals surface area (Å²) in [4.78, 5) is 51.5. The summed E-state index contributed by atoms with van der Waals surface area (Å²) in [5.41, 5.74) is -0.549. The smallest absolute Gasteiger partial charge is 0.329 e. The highest BCUT2D eigenvalue weighted by Crippen LogP contribution is 2.12. The van der Waals surface area contributed by atoms with Gasteiger partial charge in [-0.2, -0.15) is 0 Å². The molecular formula is C20H18N3O6-.